The van der Waals surface area contributed by atoms with Crippen LogP contribution in [0.4, 0.5) is 0 Å². The van der Waals surface area contributed by atoms with Gasteiger partial charge in [-0.3, -0.25) is 4.90 Å². The Kier molecular flexibility index (Phi) is 3.25. The molecular formula is C12H19NO. The average Bonchev–Trinajstić information content (AvgIpc) is 2.67. The van der Waals surface area contributed by atoms with Gasteiger partial charge in [-0.1, -0.05) is 13.3 Å². The Morgan fingerprint density at radius 2 is 1.86 bits per heavy atom. The lowest BCUT2D eigenvalue weighted by Gasteiger charge is -2.25. The van der Waals surface area contributed by atoms with E-state index < -0.39 is 0 Å². The summed E-state index contributed by atoms with van der Waals surface area (Å²) in [4.78, 5) is 2.49. The van der Waals surface area contributed by atoms with E-state index in [1.165, 1.54) is 32.4 Å². The Morgan fingerprint density at radius 3 is 2.50 bits per heavy atom. The normalized spacial score (nSPS) is 18.6. The van der Waals surface area contributed by atoms with E-state index in [0.29, 0.717) is 0 Å². The fourth-order valence-corrected chi connectivity index (χ4v) is 2.04. The summed E-state index contributed by atoms with van der Waals surface area (Å²) in [5, 5.41) is 0. The van der Waals surface area contributed by atoms with Crippen LogP contribution in [0.3, 0.4) is 0 Å². The van der Waals surface area contributed by atoms with Crippen LogP contribution in [0.2, 0.25) is 0 Å². The lowest BCUT2D eigenvalue weighted by molar-refractivity contribution is 0.203. The van der Waals surface area contributed by atoms with Gasteiger partial charge in [0, 0.05) is 6.42 Å². The van der Waals surface area contributed by atoms with E-state index in [1.807, 2.05) is 0 Å². The molecule has 0 amide bonds. The number of furan rings is 1. The predicted molar refractivity (Wildman–Crippen MR) is 57.2 cm³/mol. The highest BCUT2D eigenvalue weighted by atomic mass is 16.3. The molecule has 1 aliphatic rings. The van der Waals surface area contributed by atoms with Crippen molar-refractivity contribution in [3.05, 3.63) is 23.7 Å². The minimum Gasteiger partial charge on any atom is -0.465 e. The average molecular weight is 193 g/mol. The Labute approximate surface area is 85.9 Å². The number of aryl methyl sites for hydroxylation is 1. The summed E-state index contributed by atoms with van der Waals surface area (Å²) in [6.07, 6.45) is 5.09. The summed E-state index contributed by atoms with van der Waals surface area (Å²) < 4.78 is 5.69. The van der Waals surface area contributed by atoms with Crippen LogP contribution in [-0.2, 0) is 13.0 Å². The first-order chi connectivity index (χ1) is 6.88. The summed E-state index contributed by atoms with van der Waals surface area (Å²) >= 11 is 0. The van der Waals surface area contributed by atoms with Crippen molar-refractivity contribution < 1.29 is 4.42 Å². The smallest absolute Gasteiger partial charge is 0.118 e. The minimum atomic E-state index is 1.00. The van der Waals surface area contributed by atoms with E-state index in [9.17, 15) is 0 Å². The van der Waals surface area contributed by atoms with Gasteiger partial charge in [-0.05, 0) is 38.1 Å². The molecule has 78 valence electrons. The molecule has 14 heavy (non-hydrogen) atoms. The Bertz CT molecular complexity index is 274. The van der Waals surface area contributed by atoms with E-state index in [-0.39, 0.29) is 0 Å². The van der Waals surface area contributed by atoms with Crippen LogP contribution in [0.15, 0.2) is 16.5 Å². The molecular weight excluding hydrogens is 174 g/mol. The molecule has 0 bridgehead atoms. The second kappa shape index (κ2) is 4.65. The van der Waals surface area contributed by atoms with Gasteiger partial charge < -0.3 is 4.42 Å². The second-order valence-electron chi connectivity index (χ2n) is 4.06. The molecule has 0 unspecified atom stereocenters. The number of hydrogen-bond acceptors (Lipinski definition) is 2. The maximum absolute atomic E-state index is 5.69. The van der Waals surface area contributed by atoms with Gasteiger partial charge in [0.2, 0.25) is 0 Å². The molecule has 1 aromatic heterocycles. The number of hydrogen-bond donors (Lipinski definition) is 0. The Hall–Kier alpha value is -0.760. The van der Waals surface area contributed by atoms with Crippen LogP contribution in [-0.4, -0.2) is 18.0 Å². The number of nitrogens with zero attached hydrogens (tertiary/aromatic N) is 1. The number of rotatable bonds is 3. The number of likely N-dealkylation sites (tertiary alicyclic amines) is 1. The molecule has 2 rings (SSSR count). The number of piperidine rings is 1. The maximum Gasteiger partial charge on any atom is 0.118 e. The largest absolute Gasteiger partial charge is 0.465 e. The van der Waals surface area contributed by atoms with Crippen LogP contribution in [0.5, 0.6) is 0 Å². The third kappa shape index (κ3) is 2.38. The minimum absolute atomic E-state index is 1.00. The fraction of sp³-hybridized carbons (Fsp3) is 0.667. The van der Waals surface area contributed by atoms with Gasteiger partial charge in [-0.2, -0.15) is 0 Å². The lowest BCUT2D eigenvalue weighted by atomic mass is 10.1. The highest BCUT2D eigenvalue weighted by Gasteiger charge is 2.11. The van der Waals surface area contributed by atoms with Crippen LogP contribution >= 0.6 is 0 Å². The zero-order valence-electron chi connectivity index (χ0n) is 8.96. The fourth-order valence-electron chi connectivity index (χ4n) is 2.04. The van der Waals surface area contributed by atoms with E-state index >= 15 is 0 Å². The molecule has 0 saturated carbocycles. The molecule has 1 aromatic rings. The van der Waals surface area contributed by atoms with Gasteiger partial charge in [0.05, 0.1) is 6.54 Å². The molecule has 0 atom stereocenters. The molecule has 1 fully saturated rings. The first-order valence-corrected chi connectivity index (χ1v) is 5.68. The van der Waals surface area contributed by atoms with Gasteiger partial charge in [-0.15, -0.1) is 0 Å². The van der Waals surface area contributed by atoms with Crippen molar-refractivity contribution in [3.8, 4) is 0 Å². The summed E-state index contributed by atoms with van der Waals surface area (Å²) in [5.74, 6) is 2.24. The Morgan fingerprint density at radius 1 is 1.14 bits per heavy atom. The summed E-state index contributed by atoms with van der Waals surface area (Å²) in [7, 11) is 0. The molecule has 2 nitrogen and oxygen atoms in total. The van der Waals surface area contributed by atoms with Gasteiger partial charge >= 0.3 is 0 Å². The third-order valence-corrected chi connectivity index (χ3v) is 2.89. The van der Waals surface area contributed by atoms with Crippen molar-refractivity contribution >= 4 is 0 Å². The lowest BCUT2D eigenvalue weighted by Crippen LogP contribution is -2.28. The van der Waals surface area contributed by atoms with Gasteiger partial charge in [0.1, 0.15) is 11.5 Å². The van der Waals surface area contributed by atoms with Crippen molar-refractivity contribution in [3.63, 3.8) is 0 Å². The molecule has 0 N–H and O–H groups in total. The van der Waals surface area contributed by atoms with E-state index in [1.54, 1.807) is 0 Å². The SMILES string of the molecule is CCc1ccc(CN2CCCCC2)o1. The first-order valence-electron chi connectivity index (χ1n) is 5.68. The predicted octanol–water partition coefficient (Wildman–Crippen LogP) is 2.83. The summed E-state index contributed by atoms with van der Waals surface area (Å²) in [6, 6.07) is 4.21. The molecule has 0 spiro atoms. The zero-order chi connectivity index (χ0) is 9.80. The van der Waals surface area contributed by atoms with Gasteiger partial charge in [-0.25, -0.2) is 0 Å². The maximum atomic E-state index is 5.69. The van der Waals surface area contributed by atoms with Gasteiger partial charge in [0.25, 0.3) is 0 Å². The van der Waals surface area contributed by atoms with E-state index in [4.69, 9.17) is 4.42 Å². The van der Waals surface area contributed by atoms with Crippen LogP contribution < -0.4 is 0 Å². The van der Waals surface area contributed by atoms with Crippen molar-refractivity contribution in [2.24, 2.45) is 0 Å². The quantitative estimate of drug-likeness (QED) is 0.734. The molecule has 0 radical (unpaired) electrons. The second-order valence-corrected chi connectivity index (χ2v) is 4.06. The molecule has 0 aliphatic carbocycles. The zero-order valence-corrected chi connectivity index (χ0v) is 8.96. The van der Waals surface area contributed by atoms with Crippen molar-refractivity contribution in [2.45, 2.75) is 39.2 Å². The standard InChI is InChI=1S/C12H19NO/c1-2-11-6-7-12(14-11)10-13-8-4-3-5-9-13/h6-7H,2-5,8-10H2,1H3. The first kappa shape index (κ1) is 9.78. The summed E-state index contributed by atoms with van der Waals surface area (Å²) in [5.41, 5.74) is 0. The van der Waals surface area contributed by atoms with Crippen LogP contribution in [0.1, 0.15) is 37.7 Å². The van der Waals surface area contributed by atoms with E-state index in [2.05, 4.69) is 24.0 Å². The molecule has 0 aromatic carbocycles. The monoisotopic (exact) mass is 193 g/mol. The van der Waals surface area contributed by atoms with Crippen molar-refractivity contribution in [2.75, 3.05) is 13.1 Å². The third-order valence-electron chi connectivity index (χ3n) is 2.89. The molecule has 2 heterocycles. The summed E-state index contributed by atoms with van der Waals surface area (Å²) in [6.45, 7) is 5.60. The molecule has 1 aliphatic heterocycles. The van der Waals surface area contributed by atoms with Crippen LogP contribution in [0.25, 0.3) is 0 Å². The Balaban J connectivity index is 1.89. The highest BCUT2D eigenvalue weighted by Crippen LogP contribution is 2.15. The van der Waals surface area contributed by atoms with Crippen LogP contribution in [0, 0.1) is 0 Å². The van der Waals surface area contributed by atoms with Gasteiger partial charge in [0.15, 0.2) is 0 Å². The van der Waals surface area contributed by atoms with E-state index in [0.717, 1.165) is 24.5 Å². The topological polar surface area (TPSA) is 16.4 Å². The highest BCUT2D eigenvalue weighted by molar-refractivity contribution is 5.06. The molecule has 2 heteroatoms. The van der Waals surface area contributed by atoms with Crippen molar-refractivity contribution in [1.82, 2.24) is 4.90 Å². The van der Waals surface area contributed by atoms with Crippen molar-refractivity contribution in [1.29, 1.82) is 0 Å². The molecule has 1 saturated heterocycles.